The number of carboxylic acid groups (broad SMARTS) is 1. The number of rotatable bonds is 3. The molecule has 0 spiro atoms. The van der Waals surface area contributed by atoms with Crippen LogP contribution in [0.25, 0.3) is 0 Å². The summed E-state index contributed by atoms with van der Waals surface area (Å²) in [6.45, 7) is 2.20. The fraction of sp³-hybridized carbons (Fsp3) is 0.727. The van der Waals surface area contributed by atoms with Gasteiger partial charge in [-0.1, -0.05) is 0 Å². The van der Waals surface area contributed by atoms with E-state index in [4.69, 9.17) is 5.11 Å². The number of carbonyl (C=O) groups is 3. The number of nitrogens with one attached hydrogen (secondary N) is 1. The number of hydrogen-bond donors (Lipinski definition) is 2. The average molecular weight is 255 g/mol. The van der Waals surface area contributed by atoms with Gasteiger partial charge in [-0.3, -0.25) is 19.3 Å². The zero-order valence-corrected chi connectivity index (χ0v) is 10.1. The largest absolute Gasteiger partial charge is 0.480 e. The summed E-state index contributed by atoms with van der Waals surface area (Å²) in [5.41, 5.74) is 0. The Morgan fingerprint density at radius 2 is 1.94 bits per heavy atom. The van der Waals surface area contributed by atoms with Crippen LogP contribution in [-0.2, 0) is 14.4 Å². The lowest BCUT2D eigenvalue weighted by Crippen LogP contribution is -2.53. The average Bonchev–Trinajstić information content (AvgIpc) is 2.75. The molecule has 0 aromatic carbocycles. The van der Waals surface area contributed by atoms with E-state index in [2.05, 4.69) is 5.32 Å². The van der Waals surface area contributed by atoms with Crippen LogP contribution < -0.4 is 5.32 Å². The summed E-state index contributed by atoms with van der Waals surface area (Å²) in [6.07, 6.45) is 0.975. The van der Waals surface area contributed by atoms with Crippen molar-refractivity contribution < 1.29 is 19.5 Å². The third kappa shape index (κ3) is 2.98. The second kappa shape index (κ2) is 5.34. The Labute approximate surface area is 105 Å². The summed E-state index contributed by atoms with van der Waals surface area (Å²) < 4.78 is 0. The van der Waals surface area contributed by atoms with Crippen molar-refractivity contribution in [2.24, 2.45) is 0 Å². The van der Waals surface area contributed by atoms with Crippen LogP contribution in [0.2, 0.25) is 0 Å². The van der Waals surface area contributed by atoms with E-state index in [0.29, 0.717) is 39.0 Å². The summed E-state index contributed by atoms with van der Waals surface area (Å²) in [6, 6.07) is -0.386. The van der Waals surface area contributed by atoms with E-state index in [-0.39, 0.29) is 24.4 Å². The minimum Gasteiger partial charge on any atom is -0.480 e. The van der Waals surface area contributed by atoms with Crippen molar-refractivity contribution in [3.63, 3.8) is 0 Å². The second-order valence-corrected chi connectivity index (χ2v) is 4.65. The van der Waals surface area contributed by atoms with Gasteiger partial charge in [0.2, 0.25) is 11.8 Å². The molecular weight excluding hydrogens is 238 g/mol. The lowest BCUT2D eigenvalue weighted by molar-refractivity contribution is -0.140. The molecule has 0 bridgehead atoms. The zero-order valence-electron chi connectivity index (χ0n) is 10.1. The van der Waals surface area contributed by atoms with Gasteiger partial charge in [-0.15, -0.1) is 0 Å². The maximum Gasteiger partial charge on any atom is 0.317 e. The highest BCUT2D eigenvalue weighted by Crippen LogP contribution is 2.11. The first kappa shape index (κ1) is 12.8. The van der Waals surface area contributed by atoms with E-state index in [1.807, 2.05) is 0 Å². The van der Waals surface area contributed by atoms with E-state index >= 15 is 0 Å². The molecule has 7 nitrogen and oxygen atoms in total. The highest BCUT2D eigenvalue weighted by molar-refractivity contribution is 5.90. The van der Waals surface area contributed by atoms with Crippen LogP contribution in [0.3, 0.4) is 0 Å². The van der Waals surface area contributed by atoms with Crippen LogP contribution in [0.1, 0.15) is 12.8 Å². The van der Waals surface area contributed by atoms with Crippen LogP contribution in [0.5, 0.6) is 0 Å². The molecular formula is C11H17N3O4. The number of hydrogen-bond acceptors (Lipinski definition) is 4. The Bertz CT molecular complexity index is 363. The highest BCUT2D eigenvalue weighted by atomic mass is 16.4. The predicted octanol–water partition coefficient (Wildman–Crippen LogP) is -1.51. The predicted molar refractivity (Wildman–Crippen MR) is 61.8 cm³/mol. The number of carboxylic acids is 1. The molecule has 0 unspecified atom stereocenters. The summed E-state index contributed by atoms with van der Waals surface area (Å²) in [7, 11) is 0. The zero-order chi connectivity index (χ0) is 13.1. The van der Waals surface area contributed by atoms with Crippen LogP contribution >= 0.6 is 0 Å². The van der Waals surface area contributed by atoms with Gasteiger partial charge in [0.25, 0.3) is 0 Å². The third-order valence-corrected chi connectivity index (χ3v) is 3.34. The fourth-order valence-electron chi connectivity index (χ4n) is 2.34. The molecule has 2 aliphatic heterocycles. The maximum atomic E-state index is 12.1. The van der Waals surface area contributed by atoms with Crippen LogP contribution in [0, 0.1) is 0 Å². The molecule has 2 N–H and O–H groups in total. The lowest BCUT2D eigenvalue weighted by Gasteiger charge is -2.35. The van der Waals surface area contributed by atoms with Gasteiger partial charge in [0.05, 0.1) is 6.54 Å². The number of carbonyl (C=O) groups excluding carboxylic acids is 2. The van der Waals surface area contributed by atoms with Crippen LogP contribution in [-0.4, -0.2) is 71.5 Å². The van der Waals surface area contributed by atoms with Gasteiger partial charge in [-0.25, -0.2) is 0 Å². The van der Waals surface area contributed by atoms with Crippen molar-refractivity contribution in [2.45, 2.75) is 18.9 Å². The molecule has 7 heteroatoms. The lowest BCUT2D eigenvalue weighted by atomic mass is 10.2. The Morgan fingerprint density at radius 1 is 1.28 bits per heavy atom. The van der Waals surface area contributed by atoms with E-state index < -0.39 is 5.97 Å². The first-order chi connectivity index (χ1) is 8.56. The summed E-state index contributed by atoms with van der Waals surface area (Å²) in [5.74, 6) is -0.966. The normalized spacial score (nSPS) is 25.0. The van der Waals surface area contributed by atoms with Crippen molar-refractivity contribution >= 4 is 17.8 Å². The van der Waals surface area contributed by atoms with E-state index in [1.165, 1.54) is 0 Å². The SMILES string of the molecule is O=C(O)CN1CCN(C(=O)[C@@H]2CCC(=O)N2)CC1. The molecule has 0 saturated carbocycles. The molecule has 0 aromatic rings. The fourth-order valence-corrected chi connectivity index (χ4v) is 2.34. The van der Waals surface area contributed by atoms with Crippen molar-refractivity contribution in [2.75, 3.05) is 32.7 Å². The molecule has 18 heavy (non-hydrogen) atoms. The number of aliphatic carboxylic acids is 1. The van der Waals surface area contributed by atoms with Crippen molar-refractivity contribution in [1.29, 1.82) is 0 Å². The third-order valence-electron chi connectivity index (χ3n) is 3.34. The van der Waals surface area contributed by atoms with E-state index in [9.17, 15) is 14.4 Å². The topological polar surface area (TPSA) is 90.0 Å². The molecule has 2 saturated heterocycles. The first-order valence-corrected chi connectivity index (χ1v) is 6.08. The van der Waals surface area contributed by atoms with Crippen LogP contribution in [0.4, 0.5) is 0 Å². The summed E-state index contributed by atoms with van der Waals surface area (Å²) in [4.78, 5) is 37.2. The molecule has 2 rings (SSSR count). The van der Waals surface area contributed by atoms with Crippen LogP contribution in [0.15, 0.2) is 0 Å². The Kier molecular flexibility index (Phi) is 3.81. The monoisotopic (exact) mass is 255 g/mol. The molecule has 0 aliphatic carbocycles. The highest BCUT2D eigenvalue weighted by Gasteiger charge is 2.32. The molecule has 0 radical (unpaired) electrons. The van der Waals surface area contributed by atoms with Gasteiger partial charge in [0.1, 0.15) is 6.04 Å². The van der Waals surface area contributed by atoms with Crippen molar-refractivity contribution in [1.82, 2.24) is 15.1 Å². The number of nitrogens with zero attached hydrogens (tertiary/aromatic N) is 2. The second-order valence-electron chi connectivity index (χ2n) is 4.65. The molecule has 2 amide bonds. The number of piperazine rings is 1. The minimum absolute atomic E-state index is 0.0161. The molecule has 2 fully saturated rings. The molecule has 2 aliphatic rings. The molecule has 0 aromatic heterocycles. The Morgan fingerprint density at radius 3 is 2.44 bits per heavy atom. The van der Waals surface area contributed by atoms with Gasteiger partial charge in [-0.2, -0.15) is 0 Å². The Balaban J connectivity index is 1.80. The van der Waals surface area contributed by atoms with Crippen molar-refractivity contribution in [3.05, 3.63) is 0 Å². The summed E-state index contributed by atoms with van der Waals surface area (Å²) >= 11 is 0. The number of amides is 2. The van der Waals surface area contributed by atoms with Gasteiger partial charge < -0.3 is 15.3 Å². The van der Waals surface area contributed by atoms with Crippen molar-refractivity contribution in [3.8, 4) is 0 Å². The molecule has 1 atom stereocenters. The quantitative estimate of drug-likeness (QED) is 0.640. The summed E-state index contributed by atoms with van der Waals surface area (Å²) in [5, 5.41) is 11.3. The standard InChI is InChI=1S/C11H17N3O4/c15-9-2-1-8(12-9)11(18)14-5-3-13(4-6-14)7-10(16)17/h8H,1-7H2,(H,12,15)(H,16,17)/t8-/m0/s1. The molecule has 2 heterocycles. The maximum absolute atomic E-state index is 12.1. The molecule has 100 valence electrons. The van der Waals surface area contributed by atoms with Gasteiger partial charge >= 0.3 is 5.97 Å². The van der Waals surface area contributed by atoms with Gasteiger partial charge in [0.15, 0.2) is 0 Å². The first-order valence-electron chi connectivity index (χ1n) is 6.08. The van der Waals surface area contributed by atoms with Gasteiger partial charge in [0, 0.05) is 32.6 Å². The van der Waals surface area contributed by atoms with Gasteiger partial charge in [-0.05, 0) is 6.42 Å². The van der Waals surface area contributed by atoms with E-state index in [0.717, 1.165) is 0 Å². The minimum atomic E-state index is -0.849. The Hall–Kier alpha value is -1.63. The smallest absolute Gasteiger partial charge is 0.317 e. The van der Waals surface area contributed by atoms with E-state index in [1.54, 1.807) is 9.80 Å².